The van der Waals surface area contributed by atoms with Crippen LogP contribution in [0, 0.1) is 28.6 Å². The zero-order chi connectivity index (χ0) is 38.1. The highest BCUT2D eigenvalue weighted by Gasteiger charge is 2.84. The number of hydrogen-bond acceptors (Lipinski definition) is 10. The van der Waals surface area contributed by atoms with Crippen LogP contribution in [0.4, 0.5) is 0 Å². The molecule has 5 aliphatic rings. The van der Waals surface area contributed by atoms with Crippen LogP contribution < -0.4 is 22.4 Å². The van der Waals surface area contributed by atoms with Crippen LogP contribution >= 0.6 is 0 Å². The molecule has 1 aliphatic heterocycles. The maximum absolute atomic E-state index is 12.9. The van der Waals surface area contributed by atoms with Gasteiger partial charge < -0.3 is 40.5 Å². The number of carbonyl (C=O) groups is 4. The number of guanidine groups is 1. The lowest BCUT2D eigenvalue weighted by atomic mass is 9.44. The molecule has 1 aromatic rings. The van der Waals surface area contributed by atoms with Gasteiger partial charge in [-0.2, -0.15) is 0 Å². The van der Waals surface area contributed by atoms with Gasteiger partial charge >= 0.3 is 23.5 Å². The number of epoxide rings is 1. The number of carboxylic acids is 1. The van der Waals surface area contributed by atoms with Gasteiger partial charge in [0.1, 0.15) is 30.0 Å². The first-order chi connectivity index (χ1) is 25.2. The molecule has 11 atom stereocenters. The van der Waals surface area contributed by atoms with E-state index in [9.17, 15) is 29.1 Å². The quantitative estimate of drug-likeness (QED) is 0.0660. The van der Waals surface area contributed by atoms with Gasteiger partial charge in [-0.15, -0.1) is 0 Å². The standard InChI is InChI=1S/C39H56N4O10/c1-22(44)51-33-32(23-11-14-30(46)50-21-23)38(3)18-16-26-27(39(38)34(33)53-39)13-12-24-20-25(15-17-37(24,26)2)52-31(47)10-6-4-5-9-29(45)43-28(35(48)49)8-7-19-42-36(40)41/h11,14,21,24-28,32-34H,4-10,12-13,15-20H2,1-3H3,(H,43,45)(H,48,49)(H4,40,41,42). The first-order valence-corrected chi connectivity index (χ1v) is 19.4. The number of aliphatic carboxylic acids is 1. The van der Waals surface area contributed by atoms with Crippen LogP contribution in [0.15, 0.2) is 32.6 Å². The summed E-state index contributed by atoms with van der Waals surface area (Å²) in [6, 6.07) is 2.25. The summed E-state index contributed by atoms with van der Waals surface area (Å²) in [7, 11) is 0. The van der Waals surface area contributed by atoms with Crippen molar-refractivity contribution in [1.82, 2.24) is 5.32 Å². The van der Waals surface area contributed by atoms with E-state index in [4.69, 9.17) is 30.1 Å². The molecule has 1 amide bonds. The molecule has 0 aromatic carbocycles. The van der Waals surface area contributed by atoms with Crippen molar-refractivity contribution in [3.63, 3.8) is 0 Å². The van der Waals surface area contributed by atoms with E-state index in [-0.39, 0.29) is 78.6 Å². The molecular weight excluding hydrogens is 684 g/mol. The van der Waals surface area contributed by atoms with Crippen molar-refractivity contribution in [3.05, 3.63) is 34.4 Å². The molecule has 0 bridgehead atoms. The second-order valence-electron chi connectivity index (χ2n) is 16.6. The molecule has 14 nitrogen and oxygen atoms in total. The third kappa shape index (κ3) is 7.57. The highest BCUT2D eigenvalue weighted by molar-refractivity contribution is 5.83. The summed E-state index contributed by atoms with van der Waals surface area (Å²) in [5, 5.41) is 12.0. The minimum Gasteiger partial charge on any atom is -0.480 e. The van der Waals surface area contributed by atoms with Gasteiger partial charge in [-0.3, -0.25) is 19.4 Å². The largest absolute Gasteiger partial charge is 0.480 e. The normalized spacial score (nSPS) is 35.6. The smallest absolute Gasteiger partial charge is 0.335 e. The summed E-state index contributed by atoms with van der Waals surface area (Å²) in [5.41, 5.74) is 10.4. The molecule has 53 heavy (non-hydrogen) atoms. The molecule has 0 radical (unpaired) electrons. The monoisotopic (exact) mass is 740 g/mol. The lowest BCUT2D eigenvalue weighted by molar-refractivity contribution is -0.168. The molecule has 4 saturated carbocycles. The predicted molar refractivity (Wildman–Crippen MR) is 192 cm³/mol. The Labute approximate surface area is 310 Å². The van der Waals surface area contributed by atoms with Gasteiger partial charge in [0, 0.05) is 43.7 Å². The van der Waals surface area contributed by atoms with E-state index in [1.807, 2.05) is 6.07 Å². The number of unbranched alkanes of at least 4 members (excludes halogenated alkanes) is 2. The van der Waals surface area contributed by atoms with Crippen molar-refractivity contribution >= 4 is 29.8 Å². The molecule has 6 rings (SSSR count). The van der Waals surface area contributed by atoms with E-state index in [0.29, 0.717) is 43.4 Å². The number of fused-ring (bicyclic) bond motifs is 3. The SMILES string of the molecule is CC(=O)OC1C(c2ccc(=O)oc2)C2(C)CCC3C(CCC4CC(OC(=O)CCCCCC(=O)NC(CCCN=C(N)N)C(=O)O)CCC43C)C23OC13. The van der Waals surface area contributed by atoms with Crippen LogP contribution in [0.2, 0.25) is 0 Å². The number of aliphatic imine (C=N–C) groups is 1. The van der Waals surface area contributed by atoms with Crippen molar-refractivity contribution in [3.8, 4) is 0 Å². The van der Waals surface area contributed by atoms with E-state index in [1.54, 1.807) is 0 Å². The van der Waals surface area contributed by atoms with Crippen molar-refractivity contribution in [2.45, 2.75) is 147 Å². The Morgan fingerprint density at radius 3 is 2.47 bits per heavy atom. The molecule has 1 saturated heterocycles. The number of ether oxygens (including phenoxy) is 3. The van der Waals surface area contributed by atoms with Gasteiger partial charge in [0.15, 0.2) is 5.96 Å². The number of nitrogens with two attached hydrogens (primary N) is 2. The molecule has 1 spiro atoms. The Bertz CT molecular complexity index is 1620. The number of carbonyl (C=O) groups excluding carboxylic acids is 3. The minimum atomic E-state index is -1.10. The molecule has 14 heteroatoms. The van der Waals surface area contributed by atoms with Crippen LogP contribution in [0.25, 0.3) is 0 Å². The number of hydrogen-bond donors (Lipinski definition) is 4. The molecule has 5 fully saturated rings. The molecule has 2 heterocycles. The maximum Gasteiger partial charge on any atom is 0.335 e. The highest BCUT2D eigenvalue weighted by atomic mass is 16.7. The highest BCUT2D eigenvalue weighted by Crippen LogP contribution is 2.78. The van der Waals surface area contributed by atoms with Crippen LogP contribution in [0.3, 0.4) is 0 Å². The van der Waals surface area contributed by atoms with Crippen LogP contribution in [0.5, 0.6) is 0 Å². The van der Waals surface area contributed by atoms with Crippen molar-refractivity contribution in [2.75, 3.05) is 6.54 Å². The van der Waals surface area contributed by atoms with E-state index < -0.39 is 29.3 Å². The van der Waals surface area contributed by atoms with Crippen molar-refractivity contribution < 1.29 is 42.9 Å². The van der Waals surface area contributed by atoms with Gasteiger partial charge in [0.2, 0.25) is 5.91 Å². The average molecular weight is 741 g/mol. The lowest BCUT2D eigenvalue weighted by Gasteiger charge is -2.61. The van der Waals surface area contributed by atoms with E-state index in [1.165, 1.54) is 19.3 Å². The van der Waals surface area contributed by atoms with E-state index in [2.05, 4.69) is 24.2 Å². The first kappa shape index (κ1) is 38.8. The molecule has 4 aliphatic carbocycles. The molecule has 1 aromatic heterocycles. The van der Waals surface area contributed by atoms with Gasteiger partial charge in [0.05, 0.1) is 6.26 Å². The van der Waals surface area contributed by atoms with Gasteiger partial charge in [-0.1, -0.05) is 20.3 Å². The number of rotatable bonds is 15. The molecule has 292 valence electrons. The summed E-state index contributed by atoms with van der Waals surface area (Å²) in [5.74, 6) is -0.998. The molecular formula is C39H56N4O10. The Morgan fingerprint density at radius 1 is 1.00 bits per heavy atom. The third-order valence-electron chi connectivity index (χ3n) is 13.6. The number of esters is 2. The topological polar surface area (TPSA) is 226 Å². The summed E-state index contributed by atoms with van der Waals surface area (Å²) < 4.78 is 24.0. The first-order valence-electron chi connectivity index (χ1n) is 19.4. The van der Waals surface area contributed by atoms with Gasteiger partial charge in [0.25, 0.3) is 0 Å². The lowest BCUT2D eigenvalue weighted by Crippen LogP contribution is -2.58. The second kappa shape index (κ2) is 15.4. The van der Waals surface area contributed by atoms with Gasteiger partial charge in [-0.05, 0) is 105 Å². The van der Waals surface area contributed by atoms with Crippen molar-refractivity contribution in [2.24, 2.45) is 45.0 Å². The predicted octanol–water partition coefficient (Wildman–Crippen LogP) is 3.92. The van der Waals surface area contributed by atoms with Crippen LogP contribution in [-0.4, -0.2) is 71.4 Å². The Kier molecular flexibility index (Phi) is 11.3. The third-order valence-corrected chi connectivity index (χ3v) is 13.6. The fraction of sp³-hybridized carbons (Fsp3) is 0.744. The van der Waals surface area contributed by atoms with Crippen molar-refractivity contribution in [1.29, 1.82) is 0 Å². The maximum atomic E-state index is 12.9. The summed E-state index contributed by atoms with van der Waals surface area (Å²) >= 11 is 0. The summed E-state index contributed by atoms with van der Waals surface area (Å²) in [4.78, 5) is 64.7. The Morgan fingerprint density at radius 2 is 1.77 bits per heavy atom. The Hall–Kier alpha value is -3.94. The number of nitrogens with one attached hydrogen (secondary N) is 1. The zero-order valence-corrected chi connectivity index (χ0v) is 31.2. The fourth-order valence-electron chi connectivity index (χ4n) is 11.2. The molecule has 11 unspecified atom stereocenters. The van der Waals surface area contributed by atoms with Crippen LogP contribution in [0.1, 0.15) is 122 Å². The average Bonchev–Trinajstić information content (AvgIpc) is 3.80. The summed E-state index contributed by atoms with van der Waals surface area (Å²) in [6.07, 6.45) is 10.3. The Balaban J connectivity index is 0.975. The van der Waals surface area contributed by atoms with Gasteiger partial charge in [-0.25, -0.2) is 9.59 Å². The zero-order valence-electron chi connectivity index (χ0n) is 31.2. The number of amides is 1. The molecule has 6 N–H and O–H groups in total. The van der Waals surface area contributed by atoms with Crippen LogP contribution in [-0.2, 0) is 33.4 Å². The minimum absolute atomic E-state index is 0.0611. The summed E-state index contributed by atoms with van der Waals surface area (Å²) in [6.45, 7) is 6.42. The fourth-order valence-corrected chi connectivity index (χ4v) is 11.2. The number of carboxylic acid groups (broad SMARTS) is 1. The van der Waals surface area contributed by atoms with E-state index in [0.717, 1.165) is 50.5 Å². The van der Waals surface area contributed by atoms with E-state index >= 15 is 0 Å². The second-order valence-corrected chi connectivity index (χ2v) is 16.6. The number of nitrogens with zero attached hydrogens (tertiary/aromatic N) is 1.